The van der Waals surface area contributed by atoms with Crippen molar-refractivity contribution in [3.63, 3.8) is 0 Å². The van der Waals surface area contributed by atoms with E-state index in [2.05, 4.69) is 4.98 Å². The molecule has 27 heavy (non-hydrogen) atoms. The highest BCUT2D eigenvalue weighted by atomic mass is 35.5. The van der Waals surface area contributed by atoms with Gasteiger partial charge in [-0.1, -0.05) is 23.7 Å². The van der Waals surface area contributed by atoms with Crippen LogP contribution in [0.1, 0.15) is 29.8 Å². The molecule has 0 spiro atoms. The molecule has 1 atom stereocenters. The Bertz CT molecular complexity index is 984. The van der Waals surface area contributed by atoms with Gasteiger partial charge in [-0.25, -0.2) is 4.79 Å². The maximum Gasteiger partial charge on any atom is 0.410 e. The number of aromatic nitrogens is 1. The van der Waals surface area contributed by atoms with E-state index < -0.39 is 0 Å². The summed E-state index contributed by atoms with van der Waals surface area (Å²) in [5.74, 6) is 0. The maximum atomic E-state index is 12.6. The van der Waals surface area contributed by atoms with Gasteiger partial charge in [-0.15, -0.1) is 0 Å². The molecule has 3 aromatic rings. The van der Waals surface area contributed by atoms with Crippen LogP contribution in [0.5, 0.6) is 0 Å². The fourth-order valence-corrected chi connectivity index (χ4v) is 3.92. The predicted molar refractivity (Wildman–Crippen MR) is 106 cm³/mol. The molecule has 1 aromatic heterocycles. The Morgan fingerprint density at radius 1 is 1.33 bits per heavy atom. The predicted octanol–water partition coefficient (Wildman–Crippen LogP) is 4.84. The second kappa shape index (κ2) is 7.13. The molecule has 0 radical (unpaired) electrons. The smallest absolute Gasteiger partial charge is 0.410 e. The average Bonchev–Trinajstić information content (AvgIpc) is 3.05. The van der Waals surface area contributed by atoms with Crippen molar-refractivity contribution >= 4 is 34.3 Å². The lowest BCUT2D eigenvalue weighted by atomic mass is 9.92. The third-order valence-corrected chi connectivity index (χ3v) is 5.17. The maximum absolute atomic E-state index is 12.6. The second-order valence-electron chi connectivity index (χ2n) is 6.48. The number of amides is 1. The lowest BCUT2D eigenvalue weighted by molar-refractivity contribution is 0.0932. The van der Waals surface area contributed by atoms with Crippen LogP contribution in [0.25, 0.3) is 10.9 Å². The molecule has 0 saturated heterocycles. The van der Waals surface area contributed by atoms with Crippen LogP contribution < -0.4 is 5.48 Å². The summed E-state index contributed by atoms with van der Waals surface area (Å²) in [5, 5.41) is 12.6. The van der Waals surface area contributed by atoms with Crippen LogP contribution in [0.15, 0.2) is 42.5 Å². The van der Waals surface area contributed by atoms with Crippen molar-refractivity contribution in [1.82, 2.24) is 9.88 Å². The molecule has 1 amide bonds. The molecule has 1 aliphatic rings. The van der Waals surface area contributed by atoms with Gasteiger partial charge < -0.3 is 20.4 Å². The number of hydrogen-bond donors (Lipinski definition) is 2. The number of benzene rings is 2. The summed E-state index contributed by atoms with van der Waals surface area (Å²) >= 11 is 6.19. The minimum atomic E-state index is -0.351. The minimum Gasteiger partial charge on any atom is -0.761 e. The highest BCUT2D eigenvalue weighted by molar-refractivity contribution is 6.31. The van der Waals surface area contributed by atoms with Crippen LogP contribution in [0, 0.1) is 5.21 Å². The van der Waals surface area contributed by atoms with E-state index >= 15 is 0 Å². The number of H-pyrrole nitrogens is 1. The Kier molecular flexibility index (Phi) is 4.68. The topological polar surface area (TPSA) is 80.4 Å². The van der Waals surface area contributed by atoms with E-state index in [1.807, 2.05) is 35.8 Å². The van der Waals surface area contributed by atoms with Gasteiger partial charge >= 0.3 is 6.09 Å². The van der Waals surface area contributed by atoms with Crippen LogP contribution in [0.3, 0.4) is 0 Å². The zero-order chi connectivity index (χ0) is 19.0. The first-order chi connectivity index (χ1) is 13.1. The Hall–Kier alpha value is -2.70. The summed E-state index contributed by atoms with van der Waals surface area (Å²) in [7, 11) is 0. The van der Waals surface area contributed by atoms with Gasteiger partial charge in [0, 0.05) is 33.9 Å². The Morgan fingerprint density at radius 2 is 2.11 bits per heavy atom. The number of anilines is 1. The lowest BCUT2D eigenvalue weighted by Gasteiger charge is -2.35. The zero-order valence-electron chi connectivity index (χ0n) is 14.8. The van der Waals surface area contributed by atoms with Gasteiger partial charge in [0.05, 0.1) is 6.61 Å². The number of fused-ring (bicyclic) bond motifs is 3. The molecule has 4 rings (SSSR count). The van der Waals surface area contributed by atoms with Gasteiger partial charge in [-0.05, 0) is 54.8 Å². The Balaban J connectivity index is 1.86. The van der Waals surface area contributed by atoms with Crippen molar-refractivity contribution in [3.8, 4) is 0 Å². The standard InChI is InChI=1S/C20H19ClN3O3/c1-2-27-20(25)24-10-9-15-16-11-13(21)5-8-17(16)22-18(15)19(24)12-3-6-14(23-26)7-4-12/h3-8,11,19,22-23H,2,9-10H2,1H3/q-1. The van der Waals surface area contributed by atoms with Gasteiger partial charge in [0.2, 0.25) is 0 Å². The molecule has 0 fully saturated rings. The zero-order valence-corrected chi connectivity index (χ0v) is 15.5. The molecule has 1 aliphatic heterocycles. The first-order valence-corrected chi connectivity index (χ1v) is 9.21. The summed E-state index contributed by atoms with van der Waals surface area (Å²) in [4.78, 5) is 17.8. The van der Waals surface area contributed by atoms with Crippen LogP contribution in [0.2, 0.25) is 5.02 Å². The summed E-state index contributed by atoms with van der Waals surface area (Å²) in [5.41, 5.74) is 6.35. The van der Waals surface area contributed by atoms with E-state index in [-0.39, 0.29) is 12.1 Å². The number of carbonyl (C=O) groups excluding carboxylic acids is 1. The highest BCUT2D eigenvalue weighted by Gasteiger charge is 2.35. The van der Waals surface area contributed by atoms with Crippen molar-refractivity contribution in [2.75, 3.05) is 18.6 Å². The molecule has 7 heteroatoms. The molecule has 140 valence electrons. The molecule has 0 saturated carbocycles. The first kappa shape index (κ1) is 17.7. The third-order valence-electron chi connectivity index (χ3n) is 4.94. The van der Waals surface area contributed by atoms with Crippen molar-refractivity contribution in [1.29, 1.82) is 0 Å². The van der Waals surface area contributed by atoms with Gasteiger partial charge in [0.25, 0.3) is 0 Å². The van der Waals surface area contributed by atoms with Crippen LogP contribution >= 0.6 is 11.6 Å². The number of carbonyl (C=O) groups is 1. The number of rotatable bonds is 3. The van der Waals surface area contributed by atoms with Crippen molar-refractivity contribution in [3.05, 3.63) is 69.5 Å². The van der Waals surface area contributed by atoms with Gasteiger partial charge in [0.15, 0.2) is 0 Å². The fourth-order valence-electron chi connectivity index (χ4n) is 3.74. The summed E-state index contributed by atoms with van der Waals surface area (Å²) in [6.45, 7) is 2.65. The van der Waals surface area contributed by atoms with Gasteiger partial charge in [0.1, 0.15) is 6.04 Å². The number of nitrogens with one attached hydrogen (secondary N) is 2. The molecule has 1 unspecified atom stereocenters. The van der Waals surface area contributed by atoms with Crippen molar-refractivity contribution in [2.45, 2.75) is 19.4 Å². The second-order valence-corrected chi connectivity index (χ2v) is 6.91. The van der Waals surface area contributed by atoms with Gasteiger partial charge in [-0.2, -0.15) is 0 Å². The highest BCUT2D eigenvalue weighted by Crippen LogP contribution is 2.39. The first-order valence-electron chi connectivity index (χ1n) is 8.84. The lowest BCUT2D eigenvalue weighted by Crippen LogP contribution is -2.40. The fraction of sp³-hybridized carbons (Fsp3) is 0.250. The largest absolute Gasteiger partial charge is 0.761 e. The Labute approximate surface area is 161 Å². The molecule has 6 nitrogen and oxygen atoms in total. The van der Waals surface area contributed by atoms with Gasteiger partial charge in [-0.3, -0.25) is 4.90 Å². The van der Waals surface area contributed by atoms with E-state index in [9.17, 15) is 10.0 Å². The normalized spacial score (nSPS) is 16.3. The molecular formula is C20H19ClN3O3-. The third kappa shape index (κ3) is 3.11. The molecule has 0 aliphatic carbocycles. The summed E-state index contributed by atoms with van der Waals surface area (Å²) in [6.07, 6.45) is 0.362. The van der Waals surface area contributed by atoms with E-state index in [1.54, 1.807) is 24.0 Å². The van der Waals surface area contributed by atoms with E-state index in [0.29, 0.717) is 30.3 Å². The minimum absolute atomic E-state index is 0.316. The van der Waals surface area contributed by atoms with Crippen molar-refractivity contribution < 1.29 is 9.53 Å². The average molecular weight is 385 g/mol. The molecular weight excluding hydrogens is 366 g/mol. The summed E-state index contributed by atoms with van der Waals surface area (Å²) in [6, 6.07) is 12.5. The molecule has 2 aromatic carbocycles. The van der Waals surface area contributed by atoms with E-state index in [1.165, 1.54) is 0 Å². The SMILES string of the molecule is CCOC(=O)N1CCc2c([nH]c3ccc(Cl)cc23)C1c1ccc(N[O-])cc1. The molecule has 2 N–H and O–H groups in total. The van der Waals surface area contributed by atoms with E-state index in [4.69, 9.17) is 16.3 Å². The number of nitrogens with zero attached hydrogens (tertiary/aromatic N) is 1. The number of aromatic amines is 1. The van der Waals surface area contributed by atoms with Crippen LogP contribution in [-0.4, -0.2) is 29.1 Å². The molecule has 2 heterocycles. The van der Waals surface area contributed by atoms with Crippen LogP contribution in [0.4, 0.5) is 10.5 Å². The van der Waals surface area contributed by atoms with Crippen molar-refractivity contribution in [2.24, 2.45) is 0 Å². The summed E-state index contributed by atoms with van der Waals surface area (Å²) < 4.78 is 5.28. The molecule has 0 bridgehead atoms. The van der Waals surface area contributed by atoms with E-state index in [0.717, 1.165) is 27.7 Å². The van der Waals surface area contributed by atoms with Crippen LogP contribution in [-0.2, 0) is 11.2 Å². The number of hydrogen-bond acceptors (Lipinski definition) is 4. The quantitative estimate of drug-likeness (QED) is 0.633. The monoisotopic (exact) mass is 384 g/mol. The number of halogens is 1. The number of ether oxygens (including phenoxy) is 1. The Morgan fingerprint density at radius 3 is 2.81 bits per heavy atom.